The number of carbonyl (C=O) groups is 1. The van der Waals surface area contributed by atoms with Crippen LogP contribution in [0.1, 0.15) is 34.2 Å². The molecule has 2 rings (SSSR count). The fourth-order valence-corrected chi connectivity index (χ4v) is 2.75. The van der Waals surface area contributed by atoms with E-state index in [1.807, 2.05) is 0 Å². The van der Waals surface area contributed by atoms with Gasteiger partial charge in [0.1, 0.15) is 0 Å². The SMILES string of the molecule is CC(C)N1CCc2nc(C(N)=O)sc2C1.Cl. The van der Waals surface area contributed by atoms with Crippen LogP contribution in [-0.2, 0) is 13.0 Å². The minimum Gasteiger partial charge on any atom is -0.364 e. The van der Waals surface area contributed by atoms with Gasteiger partial charge in [-0.3, -0.25) is 9.69 Å². The van der Waals surface area contributed by atoms with Crippen LogP contribution in [-0.4, -0.2) is 28.4 Å². The molecule has 1 aromatic heterocycles. The normalized spacial score (nSPS) is 15.7. The molecule has 1 aromatic rings. The summed E-state index contributed by atoms with van der Waals surface area (Å²) in [4.78, 5) is 18.8. The Kier molecular flexibility index (Phi) is 4.29. The molecule has 2 heterocycles. The molecule has 0 radical (unpaired) electrons. The van der Waals surface area contributed by atoms with Crippen molar-refractivity contribution in [3.8, 4) is 0 Å². The van der Waals surface area contributed by atoms with Crippen molar-refractivity contribution in [2.45, 2.75) is 32.9 Å². The number of primary amides is 1. The van der Waals surface area contributed by atoms with Crippen molar-refractivity contribution < 1.29 is 4.79 Å². The number of aromatic nitrogens is 1. The summed E-state index contributed by atoms with van der Waals surface area (Å²) in [5.41, 5.74) is 6.28. The van der Waals surface area contributed by atoms with Crippen LogP contribution in [0.5, 0.6) is 0 Å². The van der Waals surface area contributed by atoms with E-state index >= 15 is 0 Å². The van der Waals surface area contributed by atoms with Gasteiger partial charge < -0.3 is 5.73 Å². The first-order chi connectivity index (χ1) is 7.08. The molecule has 1 aliphatic heterocycles. The molecule has 0 aromatic carbocycles. The highest BCUT2D eigenvalue weighted by Crippen LogP contribution is 2.25. The average Bonchev–Trinajstić information content (AvgIpc) is 2.59. The van der Waals surface area contributed by atoms with Crippen LogP contribution in [0.25, 0.3) is 0 Å². The molecular weight excluding hydrogens is 246 g/mol. The molecule has 4 nitrogen and oxygen atoms in total. The van der Waals surface area contributed by atoms with Gasteiger partial charge in [0.05, 0.1) is 5.69 Å². The second-order valence-electron chi connectivity index (χ2n) is 4.07. The second kappa shape index (κ2) is 5.12. The molecule has 0 spiro atoms. The molecule has 0 fully saturated rings. The number of nitrogens with zero attached hydrogens (tertiary/aromatic N) is 2. The van der Waals surface area contributed by atoms with Crippen molar-refractivity contribution in [2.75, 3.05) is 6.54 Å². The van der Waals surface area contributed by atoms with E-state index in [0.29, 0.717) is 11.0 Å². The molecule has 0 saturated heterocycles. The number of nitrogens with two attached hydrogens (primary N) is 1. The summed E-state index contributed by atoms with van der Waals surface area (Å²) in [6.45, 7) is 6.28. The van der Waals surface area contributed by atoms with Crippen molar-refractivity contribution >= 4 is 29.7 Å². The predicted octanol–water partition coefficient (Wildman–Crippen LogP) is 1.43. The van der Waals surface area contributed by atoms with Gasteiger partial charge in [0.15, 0.2) is 5.01 Å². The van der Waals surface area contributed by atoms with Crippen molar-refractivity contribution in [3.63, 3.8) is 0 Å². The fourth-order valence-electron chi connectivity index (χ4n) is 1.76. The third-order valence-electron chi connectivity index (χ3n) is 2.70. The zero-order valence-electron chi connectivity index (χ0n) is 9.40. The highest BCUT2D eigenvalue weighted by Gasteiger charge is 2.23. The van der Waals surface area contributed by atoms with E-state index in [2.05, 4.69) is 23.7 Å². The molecule has 0 bridgehead atoms. The monoisotopic (exact) mass is 261 g/mol. The van der Waals surface area contributed by atoms with Gasteiger partial charge in [0, 0.05) is 30.4 Å². The molecule has 1 aliphatic rings. The average molecular weight is 262 g/mol. The van der Waals surface area contributed by atoms with Crippen LogP contribution in [0.4, 0.5) is 0 Å². The lowest BCUT2D eigenvalue weighted by Gasteiger charge is -2.29. The number of hydrogen-bond acceptors (Lipinski definition) is 4. The van der Waals surface area contributed by atoms with Gasteiger partial charge in [-0.15, -0.1) is 23.7 Å². The van der Waals surface area contributed by atoms with Crippen LogP contribution >= 0.6 is 23.7 Å². The zero-order valence-corrected chi connectivity index (χ0v) is 11.0. The zero-order chi connectivity index (χ0) is 11.0. The summed E-state index contributed by atoms with van der Waals surface area (Å²) in [6, 6.07) is 0.539. The van der Waals surface area contributed by atoms with Gasteiger partial charge in [-0.1, -0.05) is 0 Å². The van der Waals surface area contributed by atoms with Crippen LogP contribution in [0, 0.1) is 0 Å². The third-order valence-corrected chi connectivity index (χ3v) is 3.80. The van der Waals surface area contributed by atoms with Gasteiger partial charge in [-0.05, 0) is 13.8 Å². The van der Waals surface area contributed by atoms with Gasteiger partial charge in [0.2, 0.25) is 0 Å². The lowest BCUT2D eigenvalue weighted by atomic mass is 10.1. The second-order valence-corrected chi connectivity index (χ2v) is 5.15. The largest absolute Gasteiger partial charge is 0.364 e. The maximum absolute atomic E-state index is 11.0. The number of carbonyl (C=O) groups excluding carboxylic acids is 1. The van der Waals surface area contributed by atoms with E-state index < -0.39 is 5.91 Å². The fraction of sp³-hybridized carbons (Fsp3) is 0.600. The van der Waals surface area contributed by atoms with Gasteiger partial charge in [0.25, 0.3) is 5.91 Å². The van der Waals surface area contributed by atoms with E-state index in [9.17, 15) is 4.79 Å². The van der Waals surface area contributed by atoms with Crippen LogP contribution in [0.15, 0.2) is 0 Å². The maximum Gasteiger partial charge on any atom is 0.277 e. The van der Waals surface area contributed by atoms with Crippen LogP contribution in [0.2, 0.25) is 0 Å². The van der Waals surface area contributed by atoms with Crippen LogP contribution in [0.3, 0.4) is 0 Å². The minimum atomic E-state index is -0.412. The molecule has 2 N–H and O–H groups in total. The quantitative estimate of drug-likeness (QED) is 0.876. The molecule has 1 amide bonds. The summed E-state index contributed by atoms with van der Waals surface area (Å²) in [6.07, 6.45) is 0.928. The third kappa shape index (κ3) is 2.53. The minimum absolute atomic E-state index is 0. The van der Waals surface area contributed by atoms with Gasteiger partial charge in [-0.2, -0.15) is 0 Å². The van der Waals surface area contributed by atoms with Crippen molar-refractivity contribution in [3.05, 3.63) is 15.6 Å². The number of amides is 1. The summed E-state index contributed by atoms with van der Waals surface area (Å²) in [7, 11) is 0. The van der Waals surface area contributed by atoms with E-state index in [0.717, 1.165) is 25.2 Å². The first-order valence-corrected chi connectivity index (χ1v) is 5.92. The maximum atomic E-state index is 11.0. The highest BCUT2D eigenvalue weighted by atomic mass is 35.5. The highest BCUT2D eigenvalue weighted by molar-refractivity contribution is 7.13. The molecule has 0 unspecified atom stereocenters. The van der Waals surface area contributed by atoms with Crippen molar-refractivity contribution in [1.29, 1.82) is 0 Å². The summed E-state index contributed by atoms with van der Waals surface area (Å²) in [5.74, 6) is -0.412. The number of thiazole rings is 1. The number of rotatable bonds is 2. The summed E-state index contributed by atoms with van der Waals surface area (Å²) in [5, 5.41) is 0.450. The number of halogens is 1. The topological polar surface area (TPSA) is 59.2 Å². The molecule has 90 valence electrons. The summed E-state index contributed by atoms with van der Waals surface area (Å²) >= 11 is 1.44. The van der Waals surface area contributed by atoms with Crippen molar-refractivity contribution in [2.24, 2.45) is 5.73 Å². The Morgan fingerprint density at radius 3 is 2.81 bits per heavy atom. The first kappa shape index (κ1) is 13.4. The van der Waals surface area contributed by atoms with E-state index in [4.69, 9.17) is 5.73 Å². The Balaban J connectivity index is 0.00000128. The predicted molar refractivity (Wildman–Crippen MR) is 67.1 cm³/mol. The Morgan fingerprint density at radius 1 is 1.56 bits per heavy atom. The van der Waals surface area contributed by atoms with Crippen molar-refractivity contribution in [1.82, 2.24) is 9.88 Å². The Labute approximate surface area is 105 Å². The van der Waals surface area contributed by atoms with Gasteiger partial charge in [-0.25, -0.2) is 4.98 Å². The molecule has 16 heavy (non-hydrogen) atoms. The molecule has 6 heteroatoms. The number of fused-ring (bicyclic) bond motifs is 1. The smallest absolute Gasteiger partial charge is 0.277 e. The lowest BCUT2D eigenvalue weighted by molar-refractivity contribution is 0.0999. The molecule has 0 atom stereocenters. The Morgan fingerprint density at radius 2 is 2.25 bits per heavy atom. The lowest BCUT2D eigenvalue weighted by Crippen LogP contribution is -2.35. The van der Waals surface area contributed by atoms with Gasteiger partial charge >= 0.3 is 0 Å². The van der Waals surface area contributed by atoms with E-state index in [1.165, 1.54) is 16.2 Å². The first-order valence-electron chi connectivity index (χ1n) is 5.10. The molecular formula is C10H16ClN3OS. The summed E-state index contributed by atoms with van der Waals surface area (Å²) < 4.78 is 0. The van der Waals surface area contributed by atoms with E-state index in [-0.39, 0.29) is 12.4 Å². The van der Waals surface area contributed by atoms with Crippen LogP contribution < -0.4 is 5.73 Å². The standard InChI is InChI=1S/C10H15N3OS.ClH/c1-6(2)13-4-3-7-8(5-13)15-10(12-7)9(11)14;/h6H,3-5H2,1-2H3,(H2,11,14);1H. The molecule has 0 saturated carbocycles. The Bertz CT molecular complexity index is 391. The van der Waals surface area contributed by atoms with E-state index in [1.54, 1.807) is 0 Å². The Hall–Kier alpha value is -0.650. The molecule has 0 aliphatic carbocycles. The number of hydrogen-bond donors (Lipinski definition) is 1.